The molecule has 0 spiro atoms. The van der Waals surface area contributed by atoms with Crippen molar-refractivity contribution < 1.29 is 0 Å². The Labute approximate surface area is 62.6 Å². The van der Waals surface area contributed by atoms with Crippen molar-refractivity contribution in [2.45, 2.75) is 0 Å². The summed E-state index contributed by atoms with van der Waals surface area (Å²) in [6.45, 7) is 4.91. The van der Waals surface area contributed by atoms with Crippen LogP contribution < -0.4 is 11.1 Å². The van der Waals surface area contributed by atoms with Crippen LogP contribution in [-0.4, -0.2) is 44.7 Å². The number of rotatable bonds is 1. The summed E-state index contributed by atoms with van der Waals surface area (Å²) in [6.07, 6.45) is 0. The van der Waals surface area contributed by atoms with Gasteiger partial charge in [-0.05, 0) is 19.5 Å². The van der Waals surface area contributed by atoms with E-state index in [-0.39, 0.29) is 0 Å². The molecule has 0 aromatic heterocycles. The van der Waals surface area contributed by atoms with Crippen molar-refractivity contribution in [1.82, 2.24) is 10.2 Å². The minimum absolute atomic E-state index is 0.590. The van der Waals surface area contributed by atoms with Gasteiger partial charge in [0.25, 0.3) is 0 Å². The molecule has 2 N–H and O–H groups in total. The normalized spacial score (nSPS) is 30.0. The van der Waals surface area contributed by atoms with Gasteiger partial charge in [0.05, 0.1) is 0 Å². The molecule has 1 radical (unpaired) electrons. The maximum atomic E-state index is 5.55. The molecule has 1 fully saturated rings. The van der Waals surface area contributed by atoms with E-state index in [0.717, 1.165) is 32.7 Å². The molecule has 1 aliphatic heterocycles. The van der Waals surface area contributed by atoms with E-state index in [1.54, 1.807) is 0 Å². The number of hydrogen-bond donors (Lipinski definition) is 1. The standard InChI is InChI=1S/C7H16N3/c1-10-3-2-9-5-7(4-8)6-10/h7H,2-6,8H2,1H3. The molecule has 0 saturated carbocycles. The smallest absolute Gasteiger partial charge is 0.0261 e. The molecule has 1 rings (SSSR count). The molecule has 1 aliphatic rings. The Bertz CT molecular complexity index is 94.9. The van der Waals surface area contributed by atoms with Crippen molar-refractivity contribution in [3.8, 4) is 0 Å². The monoisotopic (exact) mass is 142 g/mol. The zero-order chi connectivity index (χ0) is 7.40. The predicted molar refractivity (Wildman–Crippen MR) is 41.9 cm³/mol. The summed E-state index contributed by atoms with van der Waals surface area (Å²) in [5.41, 5.74) is 5.55. The third-order valence-electron chi connectivity index (χ3n) is 1.93. The number of nitrogens with two attached hydrogens (primary N) is 1. The van der Waals surface area contributed by atoms with Gasteiger partial charge < -0.3 is 10.6 Å². The van der Waals surface area contributed by atoms with Gasteiger partial charge in [0, 0.05) is 26.2 Å². The van der Waals surface area contributed by atoms with Crippen LogP contribution in [0.25, 0.3) is 0 Å². The largest absolute Gasteiger partial charge is 0.330 e. The second-order valence-electron chi connectivity index (χ2n) is 2.99. The Morgan fingerprint density at radius 2 is 2.50 bits per heavy atom. The Kier molecular flexibility index (Phi) is 3.12. The summed E-state index contributed by atoms with van der Waals surface area (Å²) in [5, 5.41) is 4.35. The Balaban J connectivity index is 2.30. The van der Waals surface area contributed by atoms with E-state index < -0.39 is 0 Å². The van der Waals surface area contributed by atoms with Crippen LogP contribution in [0.15, 0.2) is 0 Å². The average molecular weight is 142 g/mol. The molecule has 0 amide bonds. The second-order valence-corrected chi connectivity index (χ2v) is 2.99. The van der Waals surface area contributed by atoms with Gasteiger partial charge in [-0.2, -0.15) is 0 Å². The fraction of sp³-hybridized carbons (Fsp3) is 1.00. The van der Waals surface area contributed by atoms with Crippen LogP contribution in [0.2, 0.25) is 0 Å². The van der Waals surface area contributed by atoms with Gasteiger partial charge in [0.15, 0.2) is 0 Å². The fourth-order valence-corrected chi connectivity index (χ4v) is 1.25. The molecular weight excluding hydrogens is 126 g/mol. The minimum Gasteiger partial charge on any atom is -0.330 e. The lowest BCUT2D eigenvalue weighted by atomic mass is 10.1. The molecule has 3 nitrogen and oxygen atoms in total. The van der Waals surface area contributed by atoms with Crippen LogP contribution in [0.3, 0.4) is 0 Å². The van der Waals surface area contributed by atoms with Crippen LogP contribution in [0, 0.1) is 5.92 Å². The SMILES string of the molecule is CN1CC[N]CC(CN)C1. The molecule has 59 valence electrons. The van der Waals surface area contributed by atoms with E-state index >= 15 is 0 Å². The van der Waals surface area contributed by atoms with Crippen LogP contribution in [0.4, 0.5) is 0 Å². The lowest BCUT2D eigenvalue weighted by molar-refractivity contribution is 0.313. The van der Waals surface area contributed by atoms with Crippen molar-refractivity contribution in [3.05, 3.63) is 0 Å². The molecule has 1 saturated heterocycles. The minimum atomic E-state index is 0.590. The molecule has 1 heterocycles. The number of likely N-dealkylation sites (N-methyl/N-ethyl adjacent to an activating group) is 1. The topological polar surface area (TPSA) is 43.4 Å². The van der Waals surface area contributed by atoms with Crippen LogP contribution in [0.5, 0.6) is 0 Å². The van der Waals surface area contributed by atoms with Gasteiger partial charge in [-0.15, -0.1) is 0 Å². The summed E-state index contributed by atoms with van der Waals surface area (Å²) < 4.78 is 0. The first-order valence-corrected chi connectivity index (χ1v) is 3.85. The van der Waals surface area contributed by atoms with Crippen molar-refractivity contribution in [1.29, 1.82) is 0 Å². The third-order valence-corrected chi connectivity index (χ3v) is 1.93. The summed E-state index contributed by atoms with van der Waals surface area (Å²) in [5.74, 6) is 0.590. The highest BCUT2D eigenvalue weighted by Gasteiger charge is 2.13. The molecule has 0 aromatic rings. The highest BCUT2D eigenvalue weighted by molar-refractivity contribution is 4.71. The fourth-order valence-electron chi connectivity index (χ4n) is 1.25. The molecule has 0 bridgehead atoms. The van der Waals surface area contributed by atoms with Crippen LogP contribution >= 0.6 is 0 Å². The molecule has 3 heteroatoms. The summed E-state index contributed by atoms with van der Waals surface area (Å²) in [6, 6.07) is 0. The number of hydrogen-bond acceptors (Lipinski definition) is 2. The van der Waals surface area contributed by atoms with Gasteiger partial charge in [0.2, 0.25) is 0 Å². The van der Waals surface area contributed by atoms with Crippen molar-refractivity contribution in [2.24, 2.45) is 11.7 Å². The lowest BCUT2D eigenvalue weighted by Gasteiger charge is -2.16. The van der Waals surface area contributed by atoms with Crippen LogP contribution in [-0.2, 0) is 0 Å². The summed E-state index contributed by atoms with van der Waals surface area (Å²) in [4.78, 5) is 2.30. The lowest BCUT2D eigenvalue weighted by Crippen LogP contribution is -2.30. The molecule has 0 aliphatic carbocycles. The van der Waals surface area contributed by atoms with E-state index in [2.05, 4.69) is 17.3 Å². The van der Waals surface area contributed by atoms with Gasteiger partial charge in [-0.1, -0.05) is 0 Å². The van der Waals surface area contributed by atoms with Crippen molar-refractivity contribution >= 4 is 0 Å². The van der Waals surface area contributed by atoms with E-state index in [1.807, 2.05) is 0 Å². The van der Waals surface area contributed by atoms with E-state index in [9.17, 15) is 0 Å². The number of nitrogens with zero attached hydrogens (tertiary/aromatic N) is 2. The zero-order valence-corrected chi connectivity index (χ0v) is 6.58. The van der Waals surface area contributed by atoms with E-state index in [1.165, 1.54) is 0 Å². The van der Waals surface area contributed by atoms with Gasteiger partial charge in [-0.25, -0.2) is 5.32 Å². The van der Waals surface area contributed by atoms with Crippen molar-refractivity contribution in [3.63, 3.8) is 0 Å². The predicted octanol–water partition coefficient (Wildman–Crippen LogP) is -0.889. The van der Waals surface area contributed by atoms with Crippen LogP contribution in [0.1, 0.15) is 0 Å². The van der Waals surface area contributed by atoms with Gasteiger partial charge >= 0.3 is 0 Å². The summed E-state index contributed by atoms with van der Waals surface area (Å²) in [7, 11) is 2.13. The zero-order valence-electron chi connectivity index (χ0n) is 6.58. The first kappa shape index (κ1) is 7.98. The third kappa shape index (κ3) is 2.25. The first-order chi connectivity index (χ1) is 4.83. The maximum absolute atomic E-state index is 5.55. The average Bonchev–Trinajstić information content (AvgIpc) is 2.13. The maximum Gasteiger partial charge on any atom is 0.0261 e. The Hall–Kier alpha value is -0.120. The Morgan fingerprint density at radius 1 is 1.70 bits per heavy atom. The summed E-state index contributed by atoms with van der Waals surface area (Å²) >= 11 is 0. The second kappa shape index (κ2) is 3.91. The van der Waals surface area contributed by atoms with E-state index in [4.69, 9.17) is 5.73 Å². The quantitative estimate of drug-likeness (QED) is 0.516. The van der Waals surface area contributed by atoms with Crippen molar-refractivity contribution in [2.75, 3.05) is 39.8 Å². The highest BCUT2D eigenvalue weighted by Crippen LogP contribution is 1.99. The molecular formula is C7H16N3. The molecule has 0 aromatic carbocycles. The van der Waals surface area contributed by atoms with E-state index in [0.29, 0.717) is 5.92 Å². The highest BCUT2D eigenvalue weighted by atomic mass is 15.1. The first-order valence-electron chi connectivity index (χ1n) is 3.85. The van der Waals surface area contributed by atoms with Gasteiger partial charge in [-0.3, -0.25) is 0 Å². The molecule has 10 heavy (non-hydrogen) atoms. The molecule has 1 unspecified atom stereocenters. The molecule has 1 atom stereocenters. The Morgan fingerprint density at radius 3 is 3.20 bits per heavy atom. The van der Waals surface area contributed by atoms with Gasteiger partial charge in [0.1, 0.15) is 0 Å².